The van der Waals surface area contributed by atoms with Crippen molar-refractivity contribution in [1.82, 2.24) is 9.55 Å². The van der Waals surface area contributed by atoms with E-state index in [0.717, 1.165) is 24.6 Å². The van der Waals surface area contributed by atoms with Crippen LogP contribution in [0.3, 0.4) is 0 Å². The van der Waals surface area contributed by atoms with Gasteiger partial charge < -0.3 is 9.30 Å². The van der Waals surface area contributed by atoms with Crippen molar-refractivity contribution in [2.24, 2.45) is 5.92 Å². The van der Waals surface area contributed by atoms with Crippen LogP contribution in [0.2, 0.25) is 0 Å². The number of imidazole rings is 1. The van der Waals surface area contributed by atoms with Crippen LogP contribution in [-0.4, -0.2) is 31.7 Å². The number of ether oxygens (including phenoxy) is 1. The molecule has 0 saturated carbocycles. The Labute approximate surface area is 147 Å². The number of rotatable bonds is 6. The van der Waals surface area contributed by atoms with E-state index in [0.29, 0.717) is 6.61 Å². The lowest BCUT2D eigenvalue weighted by molar-refractivity contribution is 0.340. The first-order chi connectivity index (χ1) is 11.2. The summed E-state index contributed by atoms with van der Waals surface area (Å²) < 4.78 is 7.96. The van der Waals surface area contributed by atoms with Gasteiger partial charge in [0.1, 0.15) is 5.75 Å². The maximum Gasteiger partial charge on any atom is 0.119 e. The van der Waals surface area contributed by atoms with Gasteiger partial charge in [0.25, 0.3) is 0 Å². The second-order valence-electron chi connectivity index (χ2n) is 6.13. The largest absolute Gasteiger partial charge is 0.494 e. The maximum absolute atomic E-state index is 5.55. The quantitative estimate of drug-likeness (QED) is 0.776. The van der Waals surface area contributed by atoms with E-state index in [1.165, 1.54) is 17.1 Å². The van der Waals surface area contributed by atoms with E-state index in [-0.39, 0.29) is 4.08 Å². The normalized spacial score (nSPS) is 24.5. The fraction of sp³-hybridized carbons (Fsp3) is 0.500. The van der Waals surface area contributed by atoms with E-state index in [1.54, 1.807) is 0 Å². The number of hydrogen-bond acceptors (Lipinski definition) is 4. The summed E-state index contributed by atoms with van der Waals surface area (Å²) in [7, 11) is 0. The SMILES string of the molecule is CCOc1ccc(CC2(Cn3ccnc3)SCC(C)CS2)cc1. The van der Waals surface area contributed by atoms with Crippen LogP contribution in [0.15, 0.2) is 43.0 Å². The van der Waals surface area contributed by atoms with Gasteiger partial charge >= 0.3 is 0 Å². The summed E-state index contributed by atoms with van der Waals surface area (Å²) in [6.07, 6.45) is 6.93. The Kier molecular flexibility index (Phi) is 5.59. The predicted octanol–water partition coefficient (Wildman–Crippen LogP) is 4.34. The van der Waals surface area contributed by atoms with E-state index in [1.807, 2.05) is 19.4 Å². The molecule has 1 aromatic carbocycles. The van der Waals surface area contributed by atoms with Gasteiger partial charge in [0, 0.05) is 18.9 Å². The summed E-state index contributed by atoms with van der Waals surface area (Å²) in [5, 5.41) is 0. The molecule has 0 atom stereocenters. The smallest absolute Gasteiger partial charge is 0.119 e. The number of hydrogen-bond donors (Lipinski definition) is 0. The first-order valence-corrected chi connectivity index (χ1v) is 10.1. The summed E-state index contributed by atoms with van der Waals surface area (Å²) in [5.41, 5.74) is 1.38. The van der Waals surface area contributed by atoms with Gasteiger partial charge in [0.2, 0.25) is 0 Å². The zero-order chi connectivity index (χ0) is 16.1. The number of thioether (sulfide) groups is 2. The molecule has 1 aliphatic heterocycles. The molecule has 1 fully saturated rings. The molecule has 0 N–H and O–H groups in total. The molecule has 2 heterocycles. The molecule has 5 heteroatoms. The van der Waals surface area contributed by atoms with Gasteiger partial charge in [-0.25, -0.2) is 4.98 Å². The molecule has 0 amide bonds. The highest BCUT2D eigenvalue weighted by atomic mass is 32.2. The molecule has 0 aliphatic carbocycles. The van der Waals surface area contributed by atoms with E-state index in [9.17, 15) is 0 Å². The summed E-state index contributed by atoms with van der Waals surface area (Å²) in [4.78, 5) is 4.20. The zero-order valence-electron chi connectivity index (χ0n) is 13.8. The molecular weight excluding hydrogens is 324 g/mol. The van der Waals surface area contributed by atoms with Crippen LogP contribution in [0.5, 0.6) is 5.75 Å². The van der Waals surface area contributed by atoms with Gasteiger partial charge in [0.05, 0.1) is 17.0 Å². The zero-order valence-corrected chi connectivity index (χ0v) is 15.4. The van der Waals surface area contributed by atoms with Gasteiger partial charge in [-0.05, 0) is 48.5 Å². The first kappa shape index (κ1) is 16.8. The van der Waals surface area contributed by atoms with E-state index in [2.05, 4.69) is 70.5 Å². The van der Waals surface area contributed by atoms with Gasteiger partial charge in [-0.15, -0.1) is 23.5 Å². The second kappa shape index (κ2) is 7.67. The molecule has 0 bridgehead atoms. The standard InChI is InChI=1S/C18H24N2OS2/c1-3-21-17-6-4-16(5-7-17)10-18(13-20-9-8-19-14-20)22-11-15(2)12-23-18/h4-9,14-15H,3,10-13H2,1-2H3. The first-order valence-electron chi connectivity index (χ1n) is 8.14. The van der Waals surface area contributed by atoms with Crippen LogP contribution in [0.1, 0.15) is 19.4 Å². The minimum Gasteiger partial charge on any atom is -0.494 e. The number of nitrogens with zero attached hydrogens (tertiary/aromatic N) is 2. The summed E-state index contributed by atoms with van der Waals surface area (Å²) in [6.45, 7) is 6.08. The average molecular weight is 349 g/mol. The Hall–Kier alpha value is -1.07. The summed E-state index contributed by atoms with van der Waals surface area (Å²) >= 11 is 4.22. The third-order valence-corrected chi connectivity index (χ3v) is 7.73. The fourth-order valence-electron chi connectivity index (χ4n) is 2.77. The monoisotopic (exact) mass is 348 g/mol. The lowest BCUT2D eigenvalue weighted by atomic mass is 10.1. The average Bonchev–Trinajstić information content (AvgIpc) is 3.05. The van der Waals surface area contributed by atoms with Gasteiger partial charge in [-0.1, -0.05) is 19.1 Å². The topological polar surface area (TPSA) is 27.1 Å². The number of aromatic nitrogens is 2. The van der Waals surface area contributed by atoms with Crippen LogP contribution in [0, 0.1) is 5.92 Å². The highest BCUT2D eigenvalue weighted by Gasteiger charge is 2.36. The van der Waals surface area contributed by atoms with Crippen LogP contribution < -0.4 is 4.74 Å². The van der Waals surface area contributed by atoms with Crippen molar-refractivity contribution in [2.75, 3.05) is 18.1 Å². The molecule has 124 valence electrons. The molecule has 0 unspecified atom stereocenters. The molecule has 3 nitrogen and oxygen atoms in total. The van der Waals surface area contributed by atoms with Crippen molar-refractivity contribution in [2.45, 2.75) is 30.9 Å². The Morgan fingerprint density at radius 2 is 2.00 bits per heavy atom. The van der Waals surface area contributed by atoms with Crippen LogP contribution in [0.25, 0.3) is 0 Å². The highest BCUT2D eigenvalue weighted by Crippen LogP contribution is 2.47. The van der Waals surface area contributed by atoms with Crippen molar-refractivity contribution in [3.05, 3.63) is 48.5 Å². The minimum atomic E-state index is 0.195. The van der Waals surface area contributed by atoms with Crippen molar-refractivity contribution >= 4 is 23.5 Å². The molecule has 0 radical (unpaired) electrons. The third kappa shape index (κ3) is 4.48. The van der Waals surface area contributed by atoms with Crippen LogP contribution >= 0.6 is 23.5 Å². The van der Waals surface area contributed by atoms with Gasteiger partial charge in [-0.3, -0.25) is 0 Å². The lowest BCUT2D eigenvalue weighted by Gasteiger charge is -2.38. The van der Waals surface area contributed by atoms with Crippen LogP contribution in [0.4, 0.5) is 0 Å². The van der Waals surface area contributed by atoms with Crippen molar-refractivity contribution in [3.8, 4) is 5.75 Å². The molecule has 1 aliphatic rings. The number of benzene rings is 1. The van der Waals surface area contributed by atoms with Crippen molar-refractivity contribution in [1.29, 1.82) is 0 Å². The Bertz CT molecular complexity index is 590. The van der Waals surface area contributed by atoms with E-state index < -0.39 is 0 Å². The molecule has 0 spiro atoms. The van der Waals surface area contributed by atoms with Crippen molar-refractivity contribution < 1.29 is 4.74 Å². The molecule has 1 aromatic heterocycles. The molecular formula is C18H24N2OS2. The Morgan fingerprint density at radius 3 is 2.61 bits per heavy atom. The molecule has 23 heavy (non-hydrogen) atoms. The van der Waals surface area contributed by atoms with Crippen molar-refractivity contribution in [3.63, 3.8) is 0 Å². The molecule has 3 rings (SSSR count). The summed E-state index contributed by atoms with van der Waals surface area (Å²) in [6, 6.07) is 8.59. The third-order valence-electron chi connectivity index (χ3n) is 3.95. The molecule has 1 saturated heterocycles. The second-order valence-corrected chi connectivity index (χ2v) is 9.19. The highest BCUT2D eigenvalue weighted by molar-refractivity contribution is 8.18. The van der Waals surface area contributed by atoms with Crippen LogP contribution in [-0.2, 0) is 13.0 Å². The van der Waals surface area contributed by atoms with Gasteiger partial charge in [0.15, 0.2) is 0 Å². The lowest BCUT2D eigenvalue weighted by Crippen LogP contribution is -2.35. The molecule has 2 aromatic rings. The van der Waals surface area contributed by atoms with E-state index in [4.69, 9.17) is 4.74 Å². The maximum atomic E-state index is 5.55. The van der Waals surface area contributed by atoms with E-state index >= 15 is 0 Å². The summed E-state index contributed by atoms with van der Waals surface area (Å²) in [5.74, 6) is 4.22. The van der Waals surface area contributed by atoms with Gasteiger partial charge in [-0.2, -0.15) is 0 Å². The minimum absolute atomic E-state index is 0.195. The predicted molar refractivity (Wildman–Crippen MR) is 100 cm³/mol. The Morgan fingerprint density at radius 1 is 1.26 bits per heavy atom. The fourth-order valence-corrected chi connectivity index (χ4v) is 6.09. The Balaban J connectivity index is 1.75.